The molecule has 0 aliphatic heterocycles. The zero-order chi connectivity index (χ0) is 12.4. The van der Waals surface area contributed by atoms with Gasteiger partial charge in [0.15, 0.2) is 5.78 Å². The monoisotopic (exact) mass is 356 g/mol. The van der Waals surface area contributed by atoms with Gasteiger partial charge < -0.3 is 0 Å². The van der Waals surface area contributed by atoms with Crippen molar-refractivity contribution in [3.63, 3.8) is 0 Å². The summed E-state index contributed by atoms with van der Waals surface area (Å²) in [5, 5.41) is 0. The summed E-state index contributed by atoms with van der Waals surface area (Å²) in [4.78, 5) is 12.1. The van der Waals surface area contributed by atoms with Gasteiger partial charge in [0, 0.05) is 10.0 Å². The molecule has 1 nitrogen and oxygen atoms in total. The van der Waals surface area contributed by atoms with E-state index in [1.54, 1.807) is 36.4 Å². The van der Waals surface area contributed by atoms with E-state index in [1.165, 1.54) is 6.07 Å². The zero-order valence-electron chi connectivity index (χ0n) is 8.58. The molecule has 0 saturated carbocycles. The maximum absolute atomic E-state index is 13.7. The molecule has 0 radical (unpaired) electrons. The van der Waals surface area contributed by atoms with Crippen molar-refractivity contribution in [2.24, 2.45) is 0 Å². The average Bonchev–Trinajstić information content (AvgIpc) is 2.33. The van der Waals surface area contributed by atoms with Crippen LogP contribution in [0.1, 0.15) is 15.9 Å². The van der Waals surface area contributed by atoms with Crippen molar-refractivity contribution >= 4 is 37.6 Å². The molecule has 17 heavy (non-hydrogen) atoms. The molecular weight excluding hydrogens is 351 g/mol. The number of ketones is 1. The molecule has 4 heteroatoms. The van der Waals surface area contributed by atoms with Gasteiger partial charge in [0.1, 0.15) is 5.82 Å². The van der Waals surface area contributed by atoms with E-state index in [-0.39, 0.29) is 11.3 Å². The maximum Gasteiger partial charge on any atom is 0.196 e. The number of benzene rings is 2. The van der Waals surface area contributed by atoms with Crippen LogP contribution in [-0.4, -0.2) is 5.78 Å². The lowest BCUT2D eigenvalue weighted by Gasteiger charge is -2.04. The van der Waals surface area contributed by atoms with Gasteiger partial charge in [-0.15, -0.1) is 0 Å². The lowest BCUT2D eigenvalue weighted by molar-refractivity contribution is 0.103. The highest BCUT2D eigenvalue weighted by molar-refractivity contribution is 9.10. The van der Waals surface area contributed by atoms with Crippen LogP contribution in [0.25, 0.3) is 0 Å². The zero-order valence-corrected chi connectivity index (χ0v) is 11.8. The average molecular weight is 358 g/mol. The van der Waals surface area contributed by atoms with Crippen LogP contribution in [0.3, 0.4) is 0 Å². The third-order valence-electron chi connectivity index (χ3n) is 2.30. The Morgan fingerprint density at radius 3 is 2.29 bits per heavy atom. The summed E-state index contributed by atoms with van der Waals surface area (Å²) >= 11 is 6.35. The van der Waals surface area contributed by atoms with Crippen molar-refractivity contribution in [1.82, 2.24) is 0 Å². The van der Waals surface area contributed by atoms with Crippen molar-refractivity contribution in [3.8, 4) is 0 Å². The lowest BCUT2D eigenvalue weighted by Crippen LogP contribution is -2.04. The fourth-order valence-corrected chi connectivity index (χ4v) is 2.07. The molecule has 0 amide bonds. The fourth-order valence-electron chi connectivity index (χ4n) is 1.44. The molecular formula is C13H7Br2FO. The molecule has 2 rings (SSSR count). The van der Waals surface area contributed by atoms with Crippen LogP contribution >= 0.6 is 31.9 Å². The quantitative estimate of drug-likeness (QED) is 0.719. The van der Waals surface area contributed by atoms with Crippen molar-refractivity contribution in [2.75, 3.05) is 0 Å². The Labute approximate surface area is 115 Å². The van der Waals surface area contributed by atoms with Crippen molar-refractivity contribution < 1.29 is 9.18 Å². The Kier molecular flexibility index (Phi) is 3.74. The minimum atomic E-state index is -0.527. The summed E-state index contributed by atoms with van der Waals surface area (Å²) < 4.78 is 14.9. The molecule has 2 aromatic carbocycles. The third-order valence-corrected chi connectivity index (χ3v) is 3.44. The molecule has 0 N–H and O–H groups in total. The Bertz CT molecular complexity index is 564. The highest BCUT2D eigenvalue weighted by atomic mass is 79.9. The third kappa shape index (κ3) is 2.64. The van der Waals surface area contributed by atoms with E-state index in [4.69, 9.17) is 0 Å². The van der Waals surface area contributed by atoms with Gasteiger partial charge in [-0.05, 0) is 52.3 Å². The molecule has 0 bridgehead atoms. The molecule has 0 heterocycles. The topological polar surface area (TPSA) is 17.1 Å². The fraction of sp³-hybridized carbons (Fsp3) is 0. The van der Waals surface area contributed by atoms with Gasteiger partial charge in [-0.3, -0.25) is 4.79 Å². The molecule has 0 aromatic heterocycles. The van der Waals surface area contributed by atoms with Gasteiger partial charge in [0.05, 0.1) is 10.0 Å². The molecule has 0 saturated heterocycles. The first-order chi connectivity index (χ1) is 8.09. The van der Waals surface area contributed by atoms with Gasteiger partial charge in [-0.25, -0.2) is 4.39 Å². The molecule has 0 unspecified atom stereocenters. The first-order valence-electron chi connectivity index (χ1n) is 4.84. The second-order valence-electron chi connectivity index (χ2n) is 3.44. The Hall–Kier alpha value is -1.000. The highest BCUT2D eigenvalue weighted by Crippen LogP contribution is 2.21. The summed E-state index contributed by atoms with van der Waals surface area (Å²) in [6.45, 7) is 0. The van der Waals surface area contributed by atoms with Crippen LogP contribution in [0, 0.1) is 5.82 Å². The number of hydrogen-bond donors (Lipinski definition) is 0. The van der Waals surface area contributed by atoms with Gasteiger partial charge >= 0.3 is 0 Å². The SMILES string of the molecule is O=C(c1ccc(Br)cc1)c1cccc(Br)c1F. The predicted molar refractivity (Wildman–Crippen MR) is 71.7 cm³/mol. The number of hydrogen-bond acceptors (Lipinski definition) is 1. The molecule has 0 spiro atoms. The second-order valence-corrected chi connectivity index (χ2v) is 5.21. The molecule has 0 fully saturated rings. The molecule has 0 aliphatic carbocycles. The maximum atomic E-state index is 13.7. The summed E-state index contributed by atoms with van der Waals surface area (Å²) in [5.41, 5.74) is 0.534. The molecule has 0 aliphatic rings. The molecule has 86 valence electrons. The summed E-state index contributed by atoms with van der Waals surface area (Å²) in [6, 6.07) is 11.5. The van der Waals surface area contributed by atoms with Crippen molar-refractivity contribution in [1.29, 1.82) is 0 Å². The Balaban J connectivity index is 2.44. The van der Waals surface area contributed by atoms with Crippen LogP contribution < -0.4 is 0 Å². The van der Waals surface area contributed by atoms with E-state index in [1.807, 2.05) is 0 Å². The number of carbonyl (C=O) groups is 1. The lowest BCUT2D eigenvalue weighted by atomic mass is 10.0. The van der Waals surface area contributed by atoms with E-state index in [0.717, 1.165) is 4.47 Å². The van der Waals surface area contributed by atoms with Crippen LogP contribution in [0.5, 0.6) is 0 Å². The van der Waals surface area contributed by atoms with E-state index in [9.17, 15) is 9.18 Å². The van der Waals surface area contributed by atoms with E-state index in [2.05, 4.69) is 31.9 Å². The largest absolute Gasteiger partial charge is 0.288 e. The van der Waals surface area contributed by atoms with E-state index in [0.29, 0.717) is 10.0 Å². The van der Waals surface area contributed by atoms with Crippen molar-refractivity contribution in [3.05, 3.63) is 68.4 Å². The predicted octanol–water partition coefficient (Wildman–Crippen LogP) is 4.58. The molecule has 0 atom stereocenters. The number of halogens is 3. The highest BCUT2D eigenvalue weighted by Gasteiger charge is 2.15. The smallest absolute Gasteiger partial charge is 0.196 e. The number of rotatable bonds is 2. The van der Waals surface area contributed by atoms with Crippen LogP contribution in [-0.2, 0) is 0 Å². The summed E-state index contributed by atoms with van der Waals surface area (Å²) in [6.07, 6.45) is 0. The van der Waals surface area contributed by atoms with E-state index >= 15 is 0 Å². The van der Waals surface area contributed by atoms with Gasteiger partial charge in [0.2, 0.25) is 0 Å². The standard InChI is InChI=1S/C13H7Br2FO/c14-9-6-4-8(5-7-9)13(17)10-2-1-3-11(15)12(10)16/h1-7H. The van der Waals surface area contributed by atoms with Gasteiger partial charge in [-0.1, -0.05) is 22.0 Å². The summed E-state index contributed by atoms with van der Waals surface area (Å²) in [7, 11) is 0. The van der Waals surface area contributed by atoms with Gasteiger partial charge in [-0.2, -0.15) is 0 Å². The Morgan fingerprint density at radius 1 is 1.00 bits per heavy atom. The Morgan fingerprint density at radius 2 is 1.65 bits per heavy atom. The summed E-state index contributed by atoms with van der Waals surface area (Å²) in [5.74, 6) is -0.850. The first-order valence-corrected chi connectivity index (χ1v) is 6.42. The number of carbonyl (C=O) groups excluding carboxylic acids is 1. The second kappa shape index (κ2) is 5.10. The van der Waals surface area contributed by atoms with E-state index < -0.39 is 5.82 Å². The normalized spacial score (nSPS) is 10.3. The first kappa shape index (κ1) is 12.5. The van der Waals surface area contributed by atoms with Gasteiger partial charge in [0.25, 0.3) is 0 Å². The van der Waals surface area contributed by atoms with Crippen molar-refractivity contribution in [2.45, 2.75) is 0 Å². The van der Waals surface area contributed by atoms with Crippen LogP contribution in [0.15, 0.2) is 51.4 Å². The minimum Gasteiger partial charge on any atom is -0.288 e. The van der Waals surface area contributed by atoms with Crippen LogP contribution in [0.2, 0.25) is 0 Å². The minimum absolute atomic E-state index is 0.0710. The van der Waals surface area contributed by atoms with Crippen LogP contribution in [0.4, 0.5) is 4.39 Å². The molecule has 2 aromatic rings.